The molecule has 1 amide bonds. The quantitative estimate of drug-likeness (QED) is 0.405. The van der Waals surface area contributed by atoms with E-state index in [1.165, 1.54) is 0 Å². The number of hydrogen-bond donors (Lipinski definition) is 2. The topological polar surface area (TPSA) is 112 Å². The van der Waals surface area contributed by atoms with Gasteiger partial charge in [-0.1, -0.05) is 35.5 Å². The first-order chi connectivity index (χ1) is 14.5. The number of nitrogens with two attached hydrogens (primary N) is 1. The lowest BCUT2D eigenvalue weighted by Crippen LogP contribution is -2.34. The summed E-state index contributed by atoms with van der Waals surface area (Å²) in [4.78, 5) is 24.6. The lowest BCUT2D eigenvalue weighted by Gasteiger charge is -2.09. The van der Waals surface area contributed by atoms with Crippen LogP contribution in [0.4, 0.5) is 5.69 Å². The van der Waals surface area contributed by atoms with Crippen molar-refractivity contribution in [3.63, 3.8) is 0 Å². The van der Waals surface area contributed by atoms with E-state index in [4.69, 9.17) is 22.2 Å². The van der Waals surface area contributed by atoms with Crippen LogP contribution < -0.4 is 21.5 Å². The highest BCUT2D eigenvalue weighted by Gasteiger charge is 2.13. The minimum atomic E-state index is -0.464. The summed E-state index contributed by atoms with van der Waals surface area (Å²) in [5.74, 6) is 6.35. The lowest BCUT2D eigenvalue weighted by atomic mass is 10.1. The number of halogens is 1. The first kappa shape index (κ1) is 21.7. The highest BCUT2D eigenvalue weighted by molar-refractivity contribution is 7.99. The van der Waals surface area contributed by atoms with Crippen LogP contribution in [-0.2, 0) is 11.2 Å². The second-order valence-corrected chi connectivity index (χ2v) is 7.58. The summed E-state index contributed by atoms with van der Waals surface area (Å²) in [7, 11) is 0. The summed E-state index contributed by atoms with van der Waals surface area (Å²) in [6, 6.07) is 14.1. The molecule has 0 aliphatic rings. The van der Waals surface area contributed by atoms with E-state index in [1.807, 2.05) is 6.92 Å². The fraction of sp³-hybridized carbons (Fsp3) is 0.200. The number of carbonyl (C=O) groups excluding carboxylic acids is 1. The van der Waals surface area contributed by atoms with Crippen molar-refractivity contribution in [2.24, 2.45) is 0 Å². The van der Waals surface area contributed by atoms with Gasteiger partial charge in [0.1, 0.15) is 11.4 Å². The van der Waals surface area contributed by atoms with Gasteiger partial charge in [-0.05, 0) is 48.9 Å². The Kier molecular flexibility index (Phi) is 7.31. The van der Waals surface area contributed by atoms with Crippen LogP contribution in [0.2, 0.25) is 5.02 Å². The second-order valence-electron chi connectivity index (χ2n) is 6.20. The predicted octanol–water partition coefficient (Wildman–Crippen LogP) is 2.73. The van der Waals surface area contributed by atoms with Crippen LogP contribution in [-0.4, -0.2) is 33.1 Å². The zero-order chi connectivity index (χ0) is 21.5. The van der Waals surface area contributed by atoms with Crippen LogP contribution in [0.3, 0.4) is 0 Å². The molecule has 0 saturated carbocycles. The monoisotopic (exact) mass is 445 g/mol. The molecule has 2 aromatic carbocycles. The van der Waals surface area contributed by atoms with Gasteiger partial charge in [-0.3, -0.25) is 9.59 Å². The first-order valence-corrected chi connectivity index (χ1v) is 10.5. The summed E-state index contributed by atoms with van der Waals surface area (Å²) in [6.45, 7) is 2.47. The lowest BCUT2D eigenvalue weighted by molar-refractivity contribution is -0.113. The molecule has 8 nitrogen and oxygen atoms in total. The van der Waals surface area contributed by atoms with Gasteiger partial charge < -0.3 is 15.9 Å². The molecule has 0 unspecified atom stereocenters. The van der Waals surface area contributed by atoms with Crippen LogP contribution in [0.25, 0.3) is 0 Å². The van der Waals surface area contributed by atoms with E-state index in [9.17, 15) is 9.59 Å². The largest absolute Gasteiger partial charge is 0.494 e. The van der Waals surface area contributed by atoms with Crippen molar-refractivity contribution in [2.75, 3.05) is 23.5 Å². The van der Waals surface area contributed by atoms with Gasteiger partial charge in [0.25, 0.3) is 5.56 Å². The maximum Gasteiger partial charge on any atom is 0.294 e. The number of benzene rings is 2. The van der Waals surface area contributed by atoms with Gasteiger partial charge >= 0.3 is 0 Å². The van der Waals surface area contributed by atoms with Gasteiger partial charge in [-0.15, -0.1) is 10.2 Å². The third kappa shape index (κ3) is 5.74. The highest BCUT2D eigenvalue weighted by Crippen LogP contribution is 2.17. The molecule has 0 radical (unpaired) electrons. The summed E-state index contributed by atoms with van der Waals surface area (Å²) in [5.41, 5.74) is 1.25. The molecule has 156 valence electrons. The molecule has 0 aliphatic carbocycles. The third-order valence-corrected chi connectivity index (χ3v) is 5.19. The molecule has 3 aromatic rings. The van der Waals surface area contributed by atoms with Crippen LogP contribution in [0.15, 0.2) is 58.5 Å². The smallest absolute Gasteiger partial charge is 0.294 e. The van der Waals surface area contributed by atoms with E-state index in [0.717, 1.165) is 27.8 Å². The average molecular weight is 446 g/mol. The van der Waals surface area contributed by atoms with E-state index in [0.29, 0.717) is 17.3 Å². The van der Waals surface area contributed by atoms with Crippen LogP contribution in [0.1, 0.15) is 18.2 Å². The summed E-state index contributed by atoms with van der Waals surface area (Å²) >= 11 is 6.90. The fourth-order valence-corrected chi connectivity index (χ4v) is 3.33. The van der Waals surface area contributed by atoms with Crippen LogP contribution in [0.5, 0.6) is 5.75 Å². The molecule has 0 atom stereocenters. The SMILES string of the molecule is CCOc1ccc(NC(=O)CSc2nnc(Cc3ccc(Cl)cc3)c(=O)n2N)cc1. The Balaban J connectivity index is 1.59. The Labute approximate surface area is 182 Å². The van der Waals surface area contributed by atoms with Crippen molar-refractivity contribution in [3.05, 3.63) is 75.2 Å². The Hall–Kier alpha value is -3.04. The molecule has 0 bridgehead atoms. The van der Waals surface area contributed by atoms with Crippen molar-refractivity contribution >= 4 is 35.0 Å². The van der Waals surface area contributed by atoms with Crippen molar-refractivity contribution in [1.82, 2.24) is 14.9 Å². The van der Waals surface area contributed by atoms with Gasteiger partial charge in [0.2, 0.25) is 11.1 Å². The van der Waals surface area contributed by atoms with Crippen molar-refractivity contribution < 1.29 is 9.53 Å². The highest BCUT2D eigenvalue weighted by atomic mass is 35.5. The number of amides is 1. The van der Waals surface area contributed by atoms with Crippen molar-refractivity contribution in [2.45, 2.75) is 18.5 Å². The molecule has 30 heavy (non-hydrogen) atoms. The number of nitrogens with one attached hydrogen (secondary N) is 1. The number of carbonyl (C=O) groups is 1. The van der Waals surface area contributed by atoms with Crippen LogP contribution in [0, 0.1) is 0 Å². The molecule has 1 heterocycles. The molecule has 10 heteroatoms. The molecule has 0 fully saturated rings. The molecular formula is C20H20ClN5O3S. The molecular weight excluding hydrogens is 426 g/mol. The maximum atomic E-state index is 12.5. The first-order valence-electron chi connectivity index (χ1n) is 9.10. The number of aromatic nitrogens is 3. The number of rotatable bonds is 8. The Morgan fingerprint density at radius 3 is 2.53 bits per heavy atom. The second kappa shape index (κ2) is 10.1. The molecule has 0 saturated heterocycles. The van der Waals surface area contributed by atoms with Gasteiger partial charge in [0.15, 0.2) is 0 Å². The van der Waals surface area contributed by atoms with Gasteiger partial charge in [-0.2, -0.15) is 4.68 Å². The van der Waals surface area contributed by atoms with E-state index < -0.39 is 5.56 Å². The molecule has 3 N–H and O–H groups in total. The van der Waals surface area contributed by atoms with Gasteiger partial charge in [0, 0.05) is 17.1 Å². The van der Waals surface area contributed by atoms with E-state index in [1.54, 1.807) is 48.5 Å². The van der Waals surface area contributed by atoms with Crippen molar-refractivity contribution in [1.29, 1.82) is 0 Å². The van der Waals surface area contributed by atoms with E-state index in [2.05, 4.69) is 15.5 Å². The number of nitrogen functional groups attached to an aromatic ring is 1. The minimum absolute atomic E-state index is 0.0229. The molecule has 0 spiro atoms. The summed E-state index contributed by atoms with van der Waals surface area (Å²) in [6.07, 6.45) is 0.281. The summed E-state index contributed by atoms with van der Waals surface area (Å²) in [5, 5.41) is 11.5. The molecule has 0 aliphatic heterocycles. The number of nitrogens with zero attached hydrogens (tertiary/aromatic N) is 3. The number of anilines is 1. The van der Waals surface area contributed by atoms with E-state index in [-0.39, 0.29) is 28.9 Å². The Morgan fingerprint density at radius 2 is 1.87 bits per heavy atom. The normalized spacial score (nSPS) is 10.6. The third-order valence-electron chi connectivity index (χ3n) is 3.99. The zero-order valence-corrected chi connectivity index (χ0v) is 17.7. The standard InChI is InChI=1S/C20H20ClN5O3S/c1-2-29-16-9-7-15(8-10-16)23-18(27)12-30-20-25-24-17(19(28)26(20)22)11-13-3-5-14(21)6-4-13/h3-10H,2,11-12,22H2,1H3,(H,23,27). The molecule has 1 aromatic heterocycles. The van der Waals surface area contributed by atoms with Gasteiger partial charge in [-0.25, -0.2) is 0 Å². The fourth-order valence-electron chi connectivity index (χ4n) is 2.55. The van der Waals surface area contributed by atoms with Crippen LogP contribution >= 0.6 is 23.4 Å². The van der Waals surface area contributed by atoms with Crippen molar-refractivity contribution in [3.8, 4) is 5.75 Å². The average Bonchev–Trinajstić information content (AvgIpc) is 2.74. The Morgan fingerprint density at radius 1 is 1.17 bits per heavy atom. The number of ether oxygens (including phenoxy) is 1. The summed E-state index contributed by atoms with van der Waals surface area (Å²) < 4.78 is 6.27. The Bertz CT molecular complexity index is 1070. The zero-order valence-electron chi connectivity index (χ0n) is 16.2. The predicted molar refractivity (Wildman–Crippen MR) is 118 cm³/mol. The molecule has 3 rings (SSSR count). The maximum absolute atomic E-state index is 12.5. The minimum Gasteiger partial charge on any atom is -0.494 e. The number of hydrogen-bond acceptors (Lipinski definition) is 7. The van der Waals surface area contributed by atoms with Gasteiger partial charge in [0.05, 0.1) is 12.4 Å². The number of thioether (sulfide) groups is 1. The van der Waals surface area contributed by atoms with E-state index >= 15 is 0 Å².